The Kier molecular flexibility index (Phi) is 4.93. The molecule has 2 rings (SSSR count). The highest BCUT2D eigenvalue weighted by Gasteiger charge is 2.22. The van der Waals surface area contributed by atoms with Crippen molar-refractivity contribution in [2.24, 2.45) is 0 Å². The van der Waals surface area contributed by atoms with E-state index in [4.69, 9.17) is 14.6 Å². The number of benzene rings is 1. The van der Waals surface area contributed by atoms with Crippen LogP contribution in [0.25, 0.3) is 0 Å². The van der Waals surface area contributed by atoms with Crippen molar-refractivity contribution in [3.05, 3.63) is 29.8 Å². The van der Waals surface area contributed by atoms with Crippen LogP contribution in [-0.4, -0.2) is 43.5 Å². The topological polar surface area (TPSA) is 67.8 Å². The van der Waals surface area contributed by atoms with Gasteiger partial charge in [-0.25, -0.2) is 0 Å². The molecule has 1 aliphatic rings. The molecule has 100 valence electrons. The maximum Gasteiger partial charge on any atom is 0.255 e. The number of amides is 1. The fourth-order valence-corrected chi connectivity index (χ4v) is 1.68. The van der Waals surface area contributed by atoms with Gasteiger partial charge in [-0.2, -0.15) is 0 Å². The van der Waals surface area contributed by atoms with E-state index in [2.05, 4.69) is 17.2 Å². The molecule has 2 N–H and O–H groups in total. The summed E-state index contributed by atoms with van der Waals surface area (Å²) in [5.41, 5.74) is 1.37. The van der Waals surface area contributed by atoms with E-state index >= 15 is 0 Å². The number of rotatable bonds is 2. The van der Waals surface area contributed by atoms with Crippen LogP contribution < -0.4 is 5.32 Å². The number of hydrogen-bond acceptors (Lipinski definition) is 4. The van der Waals surface area contributed by atoms with Gasteiger partial charge in [0.1, 0.15) is 6.61 Å². The lowest BCUT2D eigenvalue weighted by Gasteiger charge is -2.22. The fraction of sp³-hybridized carbons (Fsp3) is 0.357. The molecule has 1 heterocycles. The Hall–Kier alpha value is -1.87. The molecule has 0 radical (unpaired) electrons. The van der Waals surface area contributed by atoms with Gasteiger partial charge in [0, 0.05) is 11.3 Å². The number of carbonyl (C=O) groups is 1. The molecule has 5 nitrogen and oxygen atoms in total. The van der Waals surface area contributed by atoms with Crippen molar-refractivity contribution in [3.63, 3.8) is 0 Å². The van der Waals surface area contributed by atoms with Gasteiger partial charge in [0.15, 0.2) is 6.10 Å². The predicted molar refractivity (Wildman–Crippen MR) is 69.6 cm³/mol. The summed E-state index contributed by atoms with van der Waals surface area (Å²) in [7, 11) is 0. The average Bonchev–Trinajstić information content (AvgIpc) is 2.46. The largest absolute Gasteiger partial charge is 0.384 e. The second-order valence-corrected chi connectivity index (χ2v) is 3.96. The Labute approximate surface area is 111 Å². The number of hydrogen-bond donors (Lipinski definition) is 2. The number of aliphatic hydroxyl groups is 1. The van der Waals surface area contributed by atoms with Crippen molar-refractivity contribution in [1.82, 2.24) is 0 Å². The third-order valence-electron chi connectivity index (χ3n) is 2.55. The van der Waals surface area contributed by atoms with Gasteiger partial charge in [0.05, 0.1) is 19.8 Å². The molecule has 1 aromatic carbocycles. The van der Waals surface area contributed by atoms with Gasteiger partial charge < -0.3 is 19.9 Å². The Morgan fingerprint density at radius 3 is 3.11 bits per heavy atom. The lowest BCUT2D eigenvalue weighted by Crippen LogP contribution is -2.39. The second-order valence-electron chi connectivity index (χ2n) is 3.96. The molecule has 1 fully saturated rings. The molecule has 5 heteroatoms. The van der Waals surface area contributed by atoms with Crippen molar-refractivity contribution in [2.75, 3.05) is 31.7 Å². The van der Waals surface area contributed by atoms with E-state index in [0.717, 1.165) is 5.56 Å². The number of nitrogens with one attached hydrogen (secondary N) is 1. The molecule has 1 atom stereocenters. The van der Waals surface area contributed by atoms with Crippen LogP contribution in [0.1, 0.15) is 5.56 Å². The zero-order chi connectivity index (χ0) is 13.5. The maximum absolute atomic E-state index is 11.9. The van der Waals surface area contributed by atoms with Crippen molar-refractivity contribution in [1.29, 1.82) is 0 Å². The molecule has 0 aromatic heterocycles. The summed E-state index contributed by atoms with van der Waals surface area (Å²) < 4.78 is 10.5. The summed E-state index contributed by atoms with van der Waals surface area (Å²) in [5, 5.41) is 11.4. The minimum absolute atomic E-state index is 0.191. The first kappa shape index (κ1) is 13.6. The minimum Gasteiger partial charge on any atom is -0.384 e. The van der Waals surface area contributed by atoms with E-state index in [1.54, 1.807) is 24.3 Å². The molecule has 0 saturated carbocycles. The van der Waals surface area contributed by atoms with E-state index < -0.39 is 6.10 Å². The van der Waals surface area contributed by atoms with Crippen LogP contribution >= 0.6 is 0 Å². The summed E-state index contributed by atoms with van der Waals surface area (Å²) in [4.78, 5) is 11.9. The van der Waals surface area contributed by atoms with Crippen LogP contribution in [-0.2, 0) is 14.3 Å². The number of aliphatic hydroxyl groups excluding tert-OH is 1. The number of carbonyl (C=O) groups excluding carboxylic acids is 1. The van der Waals surface area contributed by atoms with Gasteiger partial charge in [-0.1, -0.05) is 17.9 Å². The Balaban J connectivity index is 1.99. The van der Waals surface area contributed by atoms with Crippen LogP contribution in [0.5, 0.6) is 0 Å². The minimum atomic E-state index is -0.569. The smallest absolute Gasteiger partial charge is 0.255 e. The van der Waals surface area contributed by atoms with Crippen molar-refractivity contribution >= 4 is 11.6 Å². The summed E-state index contributed by atoms with van der Waals surface area (Å²) >= 11 is 0. The molecule has 1 saturated heterocycles. The van der Waals surface area contributed by atoms with Gasteiger partial charge in [0.25, 0.3) is 5.91 Å². The Morgan fingerprint density at radius 2 is 2.37 bits per heavy atom. The van der Waals surface area contributed by atoms with E-state index in [-0.39, 0.29) is 19.1 Å². The quantitative estimate of drug-likeness (QED) is 0.755. The monoisotopic (exact) mass is 261 g/mol. The first-order chi connectivity index (χ1) is 9.29. The zero-order valence-corrected chi connectivity index (χ0v) is 10.4. The Bertz CT molecular complexity index is 498. The number of anilines is 1. The van der Waals surface area contributed by atoms with Crippen molar-refractivity contribution in [2.45, 2.75) is 6.10 Å². The van der Waals surface area contributed by atoms with E-state index in [9.17, 15) is 4.79 Å². The van der Waals surface area contributed by atoms with Crippen LogP contribution in [0.15, 0.2) is 24.3 Å². The predicted octanol–water partition coefficient (Wildman–Crippen LogP) is 0.384. The third kappa shape index (κ3) is 4.07. The SMILES string of the molecule is O=C(Nc1cccc(C#CCO)c1)C1COCCO1. The van der Waals surface area contributed by atoms with Gasteiger partial charge >= 0.3 is 0 Å². The Morgan fingerprint density at radius 1 is 1.47 bits per heavy atom. The molecule has 19 heavy (non-hydrogen) atoms. The van der Waals surface area contributed by atoms with Gasteiger partial charge in [-0.3, -0.25) is 4.79 Å². The zero-order valence-electron chi connectivity index (χ0n) is 10.4. The van der Waals surface area contributed by atoms with Crippen LogP contribution in [0.4, 0.5) is 5.69 Å². The molecular weight excluding hydrogens is 246 g/mol. The maximum atomic E-state index is 11.9. The standard InChI is InChI=1S/C14H15NO4/c16-6-2-4-11-3-1-5-12(9-11)15-14(17)13-10-18-7-8-19-13/h1,3,5,9,13,16H,6-8,10H2,(H,15,17). The van der Waals surface area contributed by atoms with E-state index in [0.29, 0.717) is 18.9 Å². The molecular formula is C14H15NO4. The molecule has 1 unspecified atom stereocenters. The third-order valence-corrected chi connectivity index (χ3v) is 2.55. The van der Waals surface area contributed by atoms with Crippen LogP contribution in [0, 0.1) is 11.8 Å². The van der Waals surface area contributed by atoms with Gasteiger partial charge in [-0.05, 0) is 18.2 Å². The molecule has 0 bridgehead atoms. The van der Waals surface area contributed by atoms with E-state index in [1.165, 1.54) is 0 Å². The summed E-state index contributed by atoms with van der Waals surface area (Å²) in [6.45, 7) is 1.04. The lowest BCUT2D eigenvalue weighted by atomic mass is 10.2. The van der Waals surface area contributed by atoms with E-state index in [1.807, 2.05) is 0 Å². The van der Waals surface area contributed by atoms with Crippen LogP contribution in [0.3, 0.4) is 0 Å². The molecule has 0 spiro atoms. The second kappa shape index (κ2) is 6.90. The summed E-state index contributed by atoms with van der Waals surface area (Å²) in [6, 6.07) is 7.10. The van der Waals surface area contributed by atoms with Crippen LogP contribution in [0.2, 0.25) is 0 Å². The molecule has 0 aliphatic carbocycles. The first-order valence-electron chi connectivity index (χ1n) is 5.99. The fourth-order valence-electron chi connectivity index (χ4n) is 1.68. The lowest BCUT2D eigenvalue weighted by molar-refractivity contribution is -0.142. The highest BCUT2D eigenvalue weighted by molar-refractivity contribution is 5.94. The van der Waals surface area contributed by atoms with Gasteiger partial charge in [0.2, 0.25) is 0 Å². The normalized spacial score (nSPS) is 18.3. The molecule has 1 amide bonds. The summed E-state index contributed by atoms with van der Waals surface area (Å²) in [6.07, 6.45) is -0.569. The average molecular weight is 261 g/mol. The highest BCUT2D eigenvalue weighted by atomic mass is 16.6. The molecule has 1 aromatic rings. The highest BCUT2D eigenvalue weighted by Crippen LogP contribution is 2.11. The van der Waals surface area contributed by atoms with Gasteiger partial charge in [-0.15, -0.1) is 0 Å². The number of ether oxygens (including phenoxy) is 2. The molecule has 1 aliphatic heterocycles. The first-order valence-corrected chi connectivity index (χ1v) is 5.99. The summed E-state index contributed by atoms with van der Waals surface area (Å²) in [5.74, 6) is 5.11. The van der Waals surface area contributed by atoms with Crippen molar-refractivity contribution in [3.8, 4) is 11.8 Å². The van der Waals surface area contributed by atoms with Crippen molar-refractivity contribution < 1.29 is 19.4 Å².